The van der Waals surface area contributed by atoms with Gasteiger partial charge in [-0.1, -0.05) is 6.42 Å². The van der Waals surface area contributed by atoms with E-state index < -0.39 is 11.4 Å². The van der Waals surface area contributed by atoms with Crippen LogP contribution in [0.1, 0.15) is 44.7 Å². The Hall–Kier alpha value is -2.38. The summed E-state index contributed by atoms with van der Waals surface area (Å²) >= 11 is -1.13. The third kappa shape index (κ3) is 4.16. The second kappa shape index (κ2) is 8.55. The van der Waals surface area contributed by atoms with Crippen molar-refractivity contribution in [1.29, 1.82) is 0 Å². The number of rotatable bonds is 6. The highest BCUT2D eigenvalue weighted by atomic mass is 32.2. The van der Waals surface area contributed by atoms with Crippen LogP contribution in [0.3, 0.4) is 0 Å². The minimum atomic E-state index is -1.13. The Balaban J connectivity index is 1.81. The van der Waals surface area contributed by atoms with E-state index in [4.69, 9.17) is 4.74 Å². The first kappa shape index (κ1) is 19.9. The van der Waals surface area contributed by atoms with Gasteiger partial charge in [0.15, 0.2) is 0 Å². The Labute approximate surface area is 174 Å². The van der Waals surface area contributed by atoms with E-state index in [1.165, 1.54) is 19.3 Å². The first-order chi connectivity index (χ1) is 14.1. The van der Waals surface area contributed by atoms with Crippen molar-refractivity contribution in [3.05, 3.63) is 47.4 Å². The molecule has 2 heterocycles. The zero-order chi connectivity index (χ0) is 20.4. The molecule has 6 nitrogen and oxygen atoms in total. The summed E-state index contributed by atoms with van der Waals surface area (Å²) in [6, 6.07) is 9.64. The molecule has 3 aromatic rings. The molecule has 0 spiro atoms. The third-order valence-corrected chi connectivity index (χ3v) is 6.49. The number of aromatic nitrogens is 2. The molecule has 0 saturated heterocycles. The monoisotopic (exact) mass is 413 g/mol. The number of anilines is 1. The van der Waals surface area contributed by atoms with Crippen LogP contribution in [0, 0.1) is 12.1 Å². The summed E-state index contributed by atoms with van der Waals surface area (Å²) in [5.74, 6) is 1.33. The van der Waals surface area contributed by atoms with Gasteiger partial charge in [-0.05, 0) is 69.9 Å². The van der Waals surface area contributed by atoms with Gasteiger partial charge in [-0.2, -0.15) is 0 Å². The Morgan fingerprint density at radius 1 is 1.17 bits per heavy atom. The van der Waals surface area contributed by atoms with Gasteiger partial charge in [0.1, 0.15) is 17.2 Å². The van der Waals surface area contributed by atoms with E-state index in [1.54, 1.807) is 13.1 Å². The standard InChI is InChI=1S/C22H27N3O3S/c1-3-29(27)24-16-9-10-21(28-17-7-5-4-6-8-17)20(14-16)19-13-15(2)25(26)22-18(19)11-12-23-22/h9-14,17,23-24H,3-8H2,1-2H3. The highest BCUT2D eigenvalue weighted by molar-refractivity contribution is 7.92. The molecule has 1 aliphatic carbocycles. The number of nitrogens with one attached hydrogen (secondary N) is 2. The fourth-order valence-corrected chi connectivity index (χ4v) is 4.50. The average Bonchev–Trinajstić information content (AvgIpc) is 3.23. The Bertz CT molecular complexity index is 998. The van der Waals surface area contributed by atoms with Crippen molar-refractivity contribution in [3.63, 3.8) is 0 Å². The fraction of sp³-hybridized carbons (Fsp3) is 0.409. The van der Waals surface area contributed by atoms with E-state index in [2.05, 4.69) is 9.71 Å². The number of fused-ring (bicyclic) bond motifs is 1. The van der Waals surface area contributed by atoms with E-state index in [1.807, 2.05) is 37.3 Å². The molecule has 1 fully saturated rings. The largest absolute Gasteiger partial charge is 0.710 e. The summed E-state index contributed by atoms with van der Waals surface area (Å²) in [5.41, 5.74) is 3.74. The highest BCUT2D eigenvalue weighted by Gasteiger charge is 2.21. The van der Waals surface area contributed by atoms with E-state index in [9.17, 15) is 9.76 Å². The molecule has 1 saturated carbocycles. The SMILES string of the molecule is CC[S+]([O-])Nc1ccc(OC2CCCCC2)c(-c2cc(C)[n+]([O-])c3[nH]ccc23)c1. The minimum Gasteiger partial charge on any atom is -0.710 e. The van der Waals surface area contributed by atoms with Crippen LogP contribution in [-0.4, -0.2) is 21.4 Å². The molecule has 0 radical (unpaired) electrons. The molecule has 2 N–H and O–H groups in total. The van der Waals surface area contributed by atoms with Gasteiger partial charge in [0, 0.05) is 11.1 Å². The van der Waals surface area contributed by atoms with Gasteiger partial charge in [0.25, 0.3) is 5.65 Å². The molecule has 1 aliphatic rings. The minimum absolute atomic E-state index is 0.210. The van der Waals surface area contributed by atoms with Crippen LogP contribution in [0.15, 0.2) is 36.5 Å². The summed E-state index contributed by atoms with van der Waals surface area (Å²) in [4.78, 5) is 3.04. The second-order valence-electron chi connectivity index (χ2n) is 7.56. The van der Waals surface area contributed by atoms with Gasteiger partial charge in [0.2, 0.25) is 0 Å². The predicted octanol–water partition coefficient (Wildman–Crippen LogP) is 4.58. The number of hydrogen-bond acceptors (Lipinski definition) is 4. The molecule has 0 amide bonds. The molecule has 29 heavy (non-hydrogen) atoms. The first-order valence-electron chi connectivity index (χ1n) is 10.2. The molecule has 7 heteroatoms. The van der Waals surface area contributed by atoms with Crippen molar-refractivity contribution in [2.75, 3.05) is 10.5 Å². The molecular formula is C22H27N3O3S. The Kier molecular flexibility index (Phi) is 5.87. The van der Waals surface area contributed by atoms with E-state index in [-0.39, 0.29) is 6.10 Å². The van der Waals surface area contributed by atoms with E-state index in [0.717, 1.165) is 45.5 Å². The van der Waals surface area contributed by atoms with Crippen molar-refractivity contribution in [3.8, 4) is 16.9 Å². The lowest BCUT2D eigenvalue weighted by molar-refractivity contribution is -0.586. The van der Waals surface area contributed by atoms with Gasteiger partial charge in [0.05, 0.1) is 34.7 Å². The maximum atomic E-state index is 12.4. The lowest BCUT2D eigenvalue weighted by Crippen LogP contribution is -2.31. The zero-order valence-corrected chi connectivity index (χ0v) is 17.7. The maximum absolute atomic E-state index is 12.4. The van der Waals surface area contributed by atoms with E-state index >= 15 is 0 Å². The molecule has 4 rings (SSSR count). The van der Waals surface area contributed by atoms with Gasteiger partial charge >= 0.3 is 0 Å². The molecular weight excluding hydrogens is 386 g/mol. The molecule has 0 bridgehead atoms. The number of hydrogen-bond donors (Lipinski definition) is 2. The summed E-state index contributed by atoms with van der Waals surface area (Å²) in [6.07, 6.45) is 7.76. The van der Waals surface area contributed by atoms with Crippen molar-refractivity contribution < 1.29 is 14.0 Å². The van der Waals surface area contributed by atoms with Crippen LogP contribution in [0.5, 0.6) is 5.75 Å². The van der Waals surface area contributed by atoms with Crippen LogP contribution in [-0.2, 0) is 11.4 Å². The third-order valence-electron chi connectivity index (χ3n) is 5.50. The quantitative estimate of drug-likeness (QED) is 0.352. The number of nitrogens with zero attached hydrogens (tertiary/aromatic N) is 1. The molecule has 1 aromatic carbocycles. The maximum Gasteiger partial charge on any atom is 0.290 e. The van der Waals surface area contributed by atoms with Crippen molar-refractivity contribution >= 4 is 28.1 Å². The second-order valence-corrected chi connectivity index (χ2v) is 9.03. The molecule has 1 atom stereocenters. The number of pyridine rings is 1. The van der Waals surface area contributed by atoms with Gasteiger partial charge in [-0.25, -0.2) is 14.4 Å². The number of aryl methyl sites for hydroxylation is 1. The van der Waals surface area contributed by atoms with Crippen LogP contribution >= 0.6 is 0 Å². The molecule has 2 aromatic heterocycles. The Morgan fingerprint density at radius 3 is 2.72 bits per heavy atom. The number of benzene rings is 1. The first-order valence-corrected chi connectivity index (χ1v) is 11.5. The lowest BCUT2D eigenvalue weighted by Gasteiger charge is -2.25. The Morgan fingerprint density at radius 2 is 1.97 bits per heavy atom. The van der Waals surface area contributed by atoms with Crippen molar-refractivity contribution in [1.82, 2.24) is 4.98 Å². The number of H-pyrrole nitrogens is 1. The van der Waals surface area contributed by atoms with Gasteiger partial charge < -0.3 is 14.5 Å². The average molecular weight is 414 g/mol. The lowest BCUT2D eigenvalue weighted by atomic mass is 9.97. The predicted molar refractivity (Wildman–Crippen MR) is 117 cm³/mol. The van der Waals surface area contributed by atoms with Gasteiger partial charge in [-0.3, -0.25) is 0 Å². The van der Waals surface area contributed by atoms with E-state index in [0.29, 0.717) is 17.1 Å². The zero-order valence-electron chi connectivity index (χ0n) is 16.9. The number of ether oxygens (including phenoxy) is 1. The van der Waals surface area contributed by atoms with Crippen molar-refractivity contribution in [2.45, 2.75) is 52.1 Å². The highest BCUT2D eigenvalue weighted by Crippen LogP contribution is 2.38. The summed E-state index contributed by atoms with van der Waals surface area (Å²) < 4.78 is 22.4. The van der Waals surface area contributed by atoms with Crippen LogP contribution in [0.2, 0.25) is 0 Å². The van der Waals surface area contributed by atoms with Crippen molar-refractivity contribution in [2.24, 2.45) is 0 Å². The smallest absolute Gasteiger partial charge is 0.290 e. The van der Waals surface area contributed by atoms with Crippen LogP contribution in [0.25, 0.3) is 22.2 Å². The fourth-order valence-electron chi connectivity index (χ4n) is 3.96. The topological polar surface area (TPSA) is 87.0 Å². The molecule has 154 valence electrons. The molecule has 1 unspecified atom stereocenters. The molecule has 0 aliphatic heterocycles. The van der Waals surface area contributed by atoms with Crippen LogP contribution in [0.4, 0.5) is 5.69 Å². The summed E-state index contributed by atoms with van der Waals surface area (Å²) in [5, 5.41) is 13.3. The summed E-state index contributed by atoms with van der Waals surface area (Å²) in [7, 11) is 0. The van der Waals surface area contributed by atoms with Gasteiger partial charge in [-0.15, -0.1) is 0 Å². The summed E-state index contributed by atoms with van der Waals surface area (Å²) in [6.45, 7) is 3.67. The van der Waals surface area contributed by atoms with Crippen LogP contribution < -0.4 is 14.2 Å². The normalized spacial score (nSPS) is 16.1. The number of aromatic amines is 1.